The maximum atomic E-state index is 13.1. The van der Waals surface area contributed by atoms with E-state index < -0.39 is 11.8 Å². The number of imide groups is 1. The van der Waals surface area contributed by atoms with Gasteiger partial charge in [0, 0.05) is 17.3 Å². The van der Waals surface area contributed by atoms with Gasteiger partial charge in [-0.15, -0.1) is 0 Å². The van der Waals surface area contributed by atoms with Gasteiger partial charge in [-0.05, 0) is 62.1 Å². The lowest BCUT2D eigenvalue weighted by Crippen LogP contribution is -2.36. The molecule has 2 aliphatic rings. The van der Waals surface area contributed by atoms with Crippen molar-refractivity contribution in [2.24, 2.45) is 0 Å². The van der Waals surface area contributed by atoms with E-state index in [9.17, 15) is 14.4 Å². The van der Waals surface area contributed by atoms with Crippen LogP contribution in [0.15, 0.2) is 53.2 Å². The predicted octanol–water partition coefficient (Wildman–Crippen LogP) is 4.80. The first-order valence-corrected chi connectivity index (χ1v) is 11.3. The van der Waals surface area contributed by atoms with Crippen molar-refractivity contribution < 1.29 is 14.4 Å². The van der Waals surface area contributed by atoms with E-state index in [4.69, 9.17) is 11.6 Å². The second-order valence-corrected chi connectivity index (χ2v) is 8.82. The molecule has 0 spiro atoms. The Balaban J connectivity index is 1.53. The molecular weight excluding hydrogens is 426 g/mol. The van der Waals surface area contributed by atoms with Crippen LogP contribution >= 0.6 is 11.6 Å². The van der Waals surface area contributed by atoms with E-state index in [1.807, 2.05) is 26.0 Å². The van der Waals surface area contributed by atoms with Crippen molar-refractivity contribution >= 4 is 40.7 Å². The summed E-state index contributed by atoms with van der Waals surface area (Å²) in [6.45, 7) is 3.73. The predicted molar refractivity (Wildman–Crippen MR) is 126 cm³/mol. The van der Waals surface area contributed by atoms with Crippen molar-refractivity contribution in [3.05, 3.63) is 69.9 Å². The van der Waals surface area contributed by atoms with Crippen molar-refractivity contribution in [2.75, 3.05) is 10.2 Å². The lowest BCUT2D eigenvalue weighted by atomic mass is 9.95. The average molecular weight is 452 g/mol. The van der Waals surface area contributed by atoms with Crippen LogP contribution in [0.5, 0.6) is 0 Å². The highest BCUT2D eigenvalue weighted by molar-refractivity contribution is 6.53. The van der Waals surface area contributed by atoms with Crippen LogP contribution in [0.25, 0.3) is 0 Å². The lowest BCUT2D eigenvalue weighted by Gasteiger charge is -2.22. The van der Waals surface area contributed by atoms with Crippen molar-refractivity contribution in [1.82, 2.24) is 5.32 Å². The molecule has 32 heavy (non-hydrogen) atoms. The number of hydrogen-bond donors (Lipinski definition) is 2. The van der Waals surface area contributed by atoms with Gasteiger partial charge in [0.2, 0.25) is 0 Å². The van der Waals surface area contributed by atoms with Crippen molar-refractivity contribution in [3.63, 3.8) is 0 Å². The minimum absolute atomic E-state index is 0.00223. The molecule has 1 saturated carbocycles. The SMILES string of the molecule is Cc1ccc(C)c(N2C(=O)C(Cl)=C(Nc3cccc(C(=O)NC4CCCCC4)c3)C2=O)c1. The smallest absolute Gasteiger partial charge is 0.283 e. The molecule has 0 bridgehead atoms. The lowest BCUT2D eigenvalue weighted by molar-refractivity contribution is -0.120. The minimum atomic E-state index is -0.570. The van der Waals surface area contributed by atoms with Gasteiger partial charge in [-0.2, -0.15) is 0 Å². The zero-order chi connectivity index (χ0) is 22.8. The summed E-state index contributed by atoms with van der Waals surface area (Å²) in [4.78, 5) is 39.7. The fourth-order valence-electron chi connectivity index (χ4n) is 4.19. The highest BCUT2D eigenvalue weighted by atomic mass is 35.5. The number of aryl methyl sites for hydroxylation is 2. The summed E-state index contributed by atoms with van der Waals surface area (Å²) in [7, 11) is 0. The second-order valence-electron chi connectivity index (χ2n) is 8.44. The van der Waals surface area contributed by atoms with E-state index >= 15 is 0 Å². The Hall–Kier alpha value is -3.12. The largest absolute Gasteiger partial charge is 0.350 e. The summed E-state index contributed by atoms with van der Waals surface area (Å²) in [5, 5.41) is 5.87. The van der Waals surface area contributed by atoms with E-state index in [-0.39, 0.29) is 22.7 Å². The number of nitrogens with zero attached hydrogens (tertiary/aromatic N) is 1. The maximum Gasteiger partial charge on any atom is 0.283 e. The summed E-state index contributed by atoms with van der Waals surface area (Å²) in [5.74, 6) is -1.24. The molecule has 0 aromatic heterocycles. The Morgan fingerprint density at radius 2 is 1.75 bits per heavy atom. The Morgan fingerprint density at radius 3 is 2.50 bits per heavy atom. The van der Waals surface area contributed by atoms with Gasteiger partial charge < -0.3 is 10.6 Å². The molecule has 1 fully saturated rings. The molecule has 3 amide bonds. The fraction of sp³-hybridized carbons (Fsp3) is 0.320. The number of halogens is 1. The first-order valence-electron chi connectivity index (χ1n) is 10.9. The number of amides is 3. The van der Waals surface area contributed by atoms with Crippen LogP contribution in [-0.4, -0.2) is 23.8 Å². The zero-order valence-electron chi connectivity index (χ0n) is 18.2. The highest BCUT2D eigenvalue weighted by Crippen LogP contribution is 2.32. The van der Waals surface area contributed by atoms with Crippen LogP contribution in [0.3, 0.4) is 0 Å². The van der Waals surface area contributed by atoms with Gasteiger partial charge >= 0.3 is 0 Å². The van der Waals surface area contributed by atoms with Crippen LogP contribution in [0, 0.1) is 13.8 Å². The molecular formula is C25H26ClN3O3. The third-order valence-corrected chi connectivity index (χ3v) is 6.32. The topological polar surface area (TPSA) is 78.5 Å². The van der Waals surface area contributed by atoms with Gasteiger partial charge in [0.05, 0.1) is 5.69 Å². The quantitative estimate of drug-likeness (QED) is 0.640. The normalized spacial score (nSPS) is 17.2. The van der Waals surface area contributed by atoms with E-state index in [0.29, 0.717) is 16.9 Å². The third-order valence-electron chi connectivity index (χ3n) is 5.97. The molecule has 6 nitrogen and oxygen atoms in total. The first-order chi connectivity index (χ1) is 15.3. The maximum absolute atomic E-state index is 13.1. The average Bonchev–Trinajstić information content (AvgIpc) is 2.99. The molecule has 166 valence electrons. The van der Waals surface area contributed by atoms with Gasteiger partial charge in [0.15, 0.2) is 0 Å². The molecule has 0 unspecified atom stereocenters. The number of hydrogen-bond acceptors (Lipinski definition) is 4. The molecule has 1 heterocycles. The zero-order valence-corrected chi connectivity index (χ0v) is 19.0. The summed E-state index contributed by atoms with van der Waals surface area (Å²) < 4.78 is 0. The summed E-state index contributed by atoms with van der Waals surface area (Å²) >= 11 is 6.27. The van der Waals surface area contributed by atoms with Crippen LogP contribution in [0.2, 0.25) is 0 Å². The van der Waals surface area contributed by atoms with Gasteiger partial charge in [-0.1, -0.05) is 49.1 Å². The summed E-state index contributed by atoms with van der Waals surface area (Å²) in [5.41, 5.74) is 3.24. The number of anilines is 2. The Kier molecular flexibility index (Phi) is 6.33. The molecule has 0 radical (unpaired) electrons. The first kappa shape index (κ1) is 22.1. The number of rotatable bonds is 5. The summed E-state index contributed by atoms with van der Waals surface area (Å²) in [6, 6.07) is 12.6. The Labute approximate surface area is 192 Å². The van der Waals surface area contributed by atoms with Gasteiger partial charge in [0.1, 0.15) is 10.7 Å². The van der Waals surface area contributed by atoms with Crippen molar-refractivity contribution in [3.8, 4) is 0 Å². The van der Waals surface area contributed by atoms with E-state index in [0.717, 1.165) is 41.7 Å². The molecule has 0 atom stereocenters. The van der Waals surface area contributed by atoms with Crippen molar-refractivity contribution in [2.45, 2.75) is 52.0 Å². The molecule has 2 aromatic carbocycles. The van der Waals surface area contributed by atoms with Crippen LogP contribution < -0.4 is 15.5 Å². The van der Waals surface area contributed by atoms with Crippen molar-refractivity contribution in [1.29, 1.82) is 0 Å². The number of carbonyl (C=O) groups excluding carboxylic acids is 3. The van der Waals surface area contributed by atoms with E-state index in [1.54, 1.807) is 30.3 Å². The molecule has 7 heteroatoms. The number of benzene rings is 2. The van der Waals surface area contributed by atoms with Crippen LogP contribution in [0.4, 0.5) is 11.4 Å². The summed E-state index contributed by atoms with van der Waals surface area (Å²) in [6.07, 6.45) is 5.47. The van der Waals surface area contributed by atoms with Gasteiger partial charge in [-0.25, -0.2) is 4.90 Å². The molecule has 1 aliphatic carbocycles. The number of nitrogens with one attached hydrogen (secondary N) is 2. The van der Waals surface area contributed by atoms with Crippen LogP contribution in [-0.2, 0) is 9.59 Å². The Bertz CT molecular complexity index is 1120. The fourth-order valence-corrected chi connectivity index (χ4v) is 4.40. The third kappa shape index (κ3) is 4.41. The molecule has 1 aliphatic heterocycles. The molecule has 2 N–H and O–H groups in total. The van der Waals surface area contributed by atoms with E-state index in [2.05, 4.69) is 10.6 Å². The van der Waals surface area contributed by atoms with E-state index in [1.165, 1.54) is 6.42 Å². The molecule has 2 aromatic rings. The second kappa shape index (κ2) is 9.17. The number of carbonyl (C=O) groups is 3. The molecule has 4 rings (SSSR count). The Morgan fingerprint density at radius 1 is 1.00 bits per heavy atom. The standard InChI is InChI=1S/C25H26ClN3O3/c1-15-11-12-16(2)20(13-15)29-24(31)21(26)22(25(29)32)27-19-10-6-7-17(14-19)23(30)28-18-8-4-3-5-9-18/h6-7,10-14,18,27H,3-5,8-9H2,1-2H3,(H,28,30). The minimum Gasteiger partial charge on any atom is -0.350 e. The van der Waals surface area contributed by atoms with Gasteiger partial charge in [-0.3, -0.25) is 14.4 Å². The van der Waals surface area contributed by atoms with Gasteiger partial charge in [0.25, 0.3) is 17.7 Å². The monoisotopic (exact) mass is 451 g/mol. The highest BCUT2D eigenvalue weighted by Gasteiger charge is 2.39. The molecule has 0 saturated heterocycles. The van der Waals surface area contributed by atoms with Crippen LogP contribution in [0.1, 0.15) is 53.6 Å².